The molecule has 0 bridgehead atoms. The highest BCUT2D eigenvalue weighted by Crippen LogP contribution is 2.28. The molecule has 0 atom stereocenters. The number of hydrogen-bond donors (Lipinski definition) is 3. The number of nitro benzene ring substituents is 1. The van der Waals surface area contributed by atoms with Gasteiger partial charge in [-0.3, -0.25) is 10.1 Å². The van der Waals surface area contributed by atoms with E-state index in [9.17, 15) is 10.1 Å². The summed E-state index contributed by atoms with van der Waals surface area (Å²) in [5.74, 6) is 0. The molecule has 0 aliphatic rings. The average Bonchev–Trinajstić information content (AvgIpc) is 2.16. The monoisotopic (exact) mass is 210 g/mol. The number of nitrogen functional groups attached to an aromatic ring is 1. The number of nitro groups is 1. The molecule has 0 amide bonds. The van der Waals surface area contributed by atoms with E-state index in [4.69, 9.17) is 11.5 Å². The first-order chi connectivity index (χ1) is 7.06. The molecule has 0 unspecified atom stereocenters. The fourth-order valence-corrected chi connectivity index (χ4v) is 1.27. The van der Waals surface area contributed by atoms with Gasteiger partial charge >= 0.3 is 0 Å². The van der Waals surface area contributed by atoms with E-state index < -0.39 is 4.92 Å². The molecule has 0 saturated carbocycles. The van der Waals surface area contributed by atoms with Gasteiger partial charge in [-0.25, -0.2) is 0 Å². The van der Waals surface area contributed by atoms with Gasteiger partial charge in [0.1, 0.15) is 5.69 Å². The van der Waals surface area contributed by atoms with Crippen molar-refractivity contribution in [2.24, 2.45) is 5.73 Å². The van der Waals surface area contributed by atoms with Crippen molar-refractivity contribution < 1.29 is 4.92 Å². The van der Waals surface area contributed by atoms with Crippen LogP contribution in [0.3, 0.4) is 0 Å². The molecular formula is C9H14N4O2. The molecule has 1 aromatic rings. The summed E-state index contributed by atoms with van der Waals surface area (Å²) in [6.07, 6.45) is 0. The van der Waals surface area contributed by atoms with Crippen molar-refractivity contribution >= 4 is 17.1 Å². The van der Waals surface area contributed by atoms with E-state index in [1.54, 1.807) is 6.07 Å². The molecule has 6 heteroatoms. The molecule has 0 spiro atoms. The quantitative estimate of drug-likeness (QED) is 0.388. The predicted octanol–water partition coefficient (Wildman–Crippen LogP) is 0.856. The Bertz CT molecular complexity index is 379. The minimum Gasteiger partial charge on any atom is -0.393 e. The average molecular weight is 210 g/mol. The second-order valence-corrected chi connectivity index (χ2v) is 3.20. The Morgan fingerprint density at radius 1 is 1.53 bits per heavy atom. The van der Waals surface area contributed by atoms with Crippen LogP contribution in [-0.4, -0.2) is 18.0 Å². The van der Waals surface area contributed by atoms with Crippen LogP contribution in [0.1, 0.15) is 5.56 Å². The molecule has 0 aliphatic heterocycles. The van der Waals surface area contributed by atoms with E-state index >= 15 is 0 Å². The molecule has 82 valence electrons. The van der Waals surface area contributed by atoms with E-state index in [1.165, 1.54) is 6.07 Å². The summed E-state index contributed by atoms with van der Waals surface area (Å²) in [7, 11) is 0. The van der Waals surface area contributed by atoms with E-state index in [-0.39, 0.29) is 11.4 Å². The van der Waals surface area contributed by atoms with E-state index in [1.807, 2.05) is 6.92 Å². The fraction of sp³-hybridized carbons (Fsp3) is 0.333. The van der Waals surface area contributed by atoms with Crippen molar-refractivity contribution in [3.63, 3.8) is 0 Å². The predicted molar refractivity (Wildman–Crippen MR) is 59.8 cm³/mol. The molecule has 0 aliphatic carbocycles. The maximum absolute atomic E-state index is 10.6. The molecule has 1 rings (SSSR count). The second kappa shape index (κ2) is 4.61. The zero-order chi connectivity index (χ0) is 11.4. The van der Waals surface area contributed by atoms with Crippen LogP contribution in [-0.2, 0) is 0 Å². The standard InChI is InChI=1S/C9H14N4O2/c1-6-4-7(11)9(13(14)15)5-8(6)12-3-2-10/h4-5,12H,2-3,10-11H2,1H3. The SMILES string of the molecule is Cc1cc(N)c([N+](=O)[O-])cc1NCCN. The van der Waals surface area contributed by atoms with E-state index in [0.717, 1.165) is 5.56 Å². The molecule has 1 aromatic carbocycles. The first-order valence-corrected chi connectivity index (χ1v) is 4.54. The fourth-order valence-electron chi connectivity index (χ4n) is 1.27. The normalized spacial score (nSPS) is 10.0. The van der Waals surface area contributed by atoms with Gasteiger partial charge < -0.3 is 16.8 Å². The summed E-state index contributed by atoms with van der Waals surface area (Å²) in [6, 6.07) is 3.01. The van der Waals surface area contributed by atoms with Crippen molar-refractivity contribution in [1.82, 2.24) is 0 Å². The van der Waals surface area contributed by atoms with Crippen molar-refractivity contribution in [1.29, 1.82) is 0 Å². The third kappa shape index (κ3) is 2.57. The lowest BCUT2D eigenvalue weighted by molar-refractivity contribution is -0.383. The third-order valence-corrected chi connectivity index (χ3v) is 2.03. The lowest BCUT2D eigenvalue weighted by Crippen LogP contribution is -2.14. The van der Waals surface area contributed by atoms with Crippen LogP contribution < -0.4 is 16.8 Å². The van der Waals surface area contributed by atoms with Crippen LogP contribution in [0.25, 0.3) is 0 Å². The zero-order valence-corrected chi connectivity index (χ0v) is 8.49. The largest absolute Gasteiger partial charge is 0.393 e. The number of nitrogens with two attached hydrogens (primary N) is 2. The van der Waals surface area contributed by atoms with Crippen LogP contribution in [0.2, 0.25) is 0 Å². The number of nitrogens with one attached hydrogen (secondary N) is 1. The minimum absolute atomic E-state index is 0.0832. The summed E-state index contributed by atoms with van der Waals surface area (Å²) in [5, 5.41) is 13.6. The second-order valence-electron chi connectivity index (χ2n) is 3.20. The Hall–Kier alpha value is -1.82. The van der Waals surface area contributed by atoms with Gasteiger partial charge in [-0.15, -0.1) is 0 Å². The highest BCUT2D eigenvalue weighted by atomic mass is 16.6. The maximum atomic E-state index is 10.6. The summed E-state index contributed by atoms with van der Waals surface area (Å²) in [6.45, 7) is 2.87. The van der Waals surface area contributed by atoms with Gasteiger partial charge in [0.2, 0.25) is 0 Å². The van der Waals surface area contributed by atoms with Crippen LogP contribution in [0.4, 0.5) is 17.1 Å². The highest BCUT2D eigenvalue weighted by molar-refractivity contribution is 5.69. The van der Waals surface area contributed by atoms with Crippen LogP contribution in [0.15, 0.2) is 12.1 Å². The lowest BCUT2D eigenvalue weighted by atomic mass is 10.1. The Morgan fingerprint density at radius 3 is 2.73 bits per heavy atom. The molecule has 15 heavy (non-hydrogen) atoms. The summed E-state index contributed by atoms with van der Waals surface area (Å²) < 4.78 is 0. The highest BCUT2D eigenvalue weighted by Gasteiger charge is 2.13. The molecule has 0 radical (unpaired) electrons. The van der Waals surface area contributed by atoms with E-state index in [0.29, 0.717) is 18.8 Å². The van der Waals surface area contributed by atoms with Crippen molar-refractivity contribution in [3.8, 4) is 0 Å². The minimum atomic E-state index is -0.498. The topological polar surface area (TPSA) is 107 Å². The molecule has 0 heterocycles. The van der Waals surface area contributed by atoms with Gasteiger partial charge in [-0.2, -0.15) is 0 Å². The summed E-state index contributed by atoms with van der Waals surface area (Å²) in [4.78, 5) is 10.1. The number of nitrogens with zero attached hydrogens (tertiary/aromatic N) is 1. The van der Waals surface area contributed by atoms with Gasteiger partial charge in [0.25, 0.3) is 5.69 Å². The van der Waals surface area contributed by atoms with E-state index in [2.05, 4.69) is 5.32 Å². The van der Waals surface area contributed by atoms with Crippen molar-refractivity contribution in [2.45, 2.75) is 6.92 Å². The smallest absolute Gasteiger partial charge is 0.294 e. The summed E-state index contributed by atoms with van der Waals surface area (Å²) >= 11 is 0. The molecule has 5 N–H and O–H groups in total. The van der Waals surface area contributed by atoms with Gasteiger partial charge in [-0.1, -0.05) is 0 Å². The Labute approximate surface area is 87.4 Å². The number of hydrogen-bond acceptors (Lipinski definition) is 5. The van der Waals surface area contributed by atoms with Crippen LogP contribution in [0.5, 0.6) is 0 Å². The van der Waals surface area contributed by atoms with Gasteiger partial charge in [0.15, 0.2) is 0 Å². The zero-order valence-electron chi connectivity index (χ0n) is 8.49. The first-order valence-electron chi connectivity index (χ1n) is 4.54. The number of rotatable bonds is 4. The number of anilines is 2. The Morgan fingerprint density at radius 2 is 2.20 bits per heavy atom. The molecule has 0 aromatic heterocycles. The molecular weight excluding hydrogens is 196 g/mol. The van der Waals surface area contributed by atoms with Gasteiger partial charge in [0.05, 0.1) is 4.92 Å². The van der Waals surface area contributed by atoms with Gasteiger partial charge in [0, 0.05) is 24.8 Å². The molecule has 0 saturated heterocycles. The van der Waals surface area contributed by atoms with Crippen molar-refractivity contribution in [3.05, 3.63) is 27.8 Å². The maximum Gasteiger partial charge on any atom is 0.294 e. The summed E-state index contributed by atoms with van der Waals surface area (Å²) in [5.41, 5.74) is 12.5. The first kappa shape index (κ1) is 11.3. The molecule has 0 fully saturated rings. The molecule has 6 nitrogen and oxygen atoms in total. The van der Waals surface area contributed by atoms with Gasteiger partial charge in [-0.05, 0) is 18.6 Å². The van der Waals surface area contributed by atoms with Crippen LogP contribution in [0, 0.1) is 17.0 Å². The number of benzene rings is 1. The van der Waals surface area contributed by atoms with Crippen molar-refractivity contribution in [2.75, 3.05) is 24.1 Å². The third-order valence-electron chi connectivity index (χ3n) is 2.03. The Kier molecular flexibility index (Phi) is 3.46. The lowest BCUT2D eigenvalue weighted by Gasteiger charge is -2.09. The number of aryl methyl sites for hydroxylation is 1. The Balaban J connectivity index is 3.06. The van der Waals surface area contributed by atoms with Crippen LogP contribution >= 0.6 is 0 Å².